The van der Waals surface area contributed by atoms with Crippen LogP contribution in [0.3, 0.4) is 0 Å². The van der Waals surface area contributed by atoms with Gasteiger partial charge in [0.1, 0.15) is 5.75 Å². The van der Waals surface area contributed by atoms with Gasteiger partial charge in [-0.3, -0.25) is 4.79 Å². The van der Waals surface area contributed by atoms with Crippen LogP contribution in [-0.4, -0.2) is 25.1 Å². The third-order valence-electron chi connectivity index (χ3n) is 3.76. The first-order valence-electron chi connectivity index (χ1n) is 8.32. The zero-order valence-electron chi connectivity index (χ0n) is 15.1. The molecule has 2 rings (SSSR count). The van der Waals surface area contributed by atoms with E-state index in [4.69, 9.17) is 14.7 Å². The summed E-state index contributed by atoms with van der Waals surface area (Å²) in [4.78, 5) is 24.0. The van der Waals surface area contributed by atoms with E-state index < -0.39 is 18.0 Å². The Morgan fingerprint density at radius 1 is 1.19 bits per heavy atom. The Morgan fingerprint density at radius 2 is 1.89 bits per heavy atom. The summed E-state index contributed by atoms with van der Waals surface area (Å²) in [6.45, 7) is 1.77. The third kappa shape index (κ3) is 6.01. The standard InChI is InChI=1S/C21H20N2O4/c1-15(21(25)23-14-18-5-3-4-6-19(18)26-2)27-20(24)12-11-16-7-9-17(13-22)10-8-16/h3-12,15H,14H2,1-2H3,(H,23,25)/b12-11+/t15-/m1/s1. The van der Waals surface area contributed by atoms with Crippen LogP contribution in [0, 0.1) is 11.3 Å². The fourth-order valence-corrected chi connectivity index (χ4v) is 2.28. The highest BCUT2D eigenvalue weighted by Gasteiger charge is 2.16. The molecule has 0 aliphatic heterocycles. The van der Waals surface area contributed by atoms with E-state index >= 15 is 0 Å². The predicted octanol–water partition coefficient (Wildman–Crippen LogP) is 2.83. The molecule has 6 nitrogen and oxygen atoms in total. The highest BCUT2D eigenvalue weighted by molar-refractivity contribution is 5.90. The van der Waals surface area contributed by atoms with Gasteiger partial charge in [0, 0.05) is 18.2 Å². The van der Waals surface area contributed by atoms with Crippen molar-refractivity contribution in [1.82, 2.24) is 5.32 Å². The first-order chi connectivity index (χ1) is 13.0. The van der Waals surface area contributed by atoms with E-state index in [2.05, 4.69) is 5.32 Å². The molecule has 0 saturated heterocycles. The van der Waals surface area contributed by atoms with Gasteiger partial charge in [0.2, 0.25) is 0 Å². The summed E-state index contributed by atoms with van der Waals surface area (Å²) in [6, 6.07) is 16.1. The van der Waals surface area contributed by atoms with Gasteiger partial charge in [0.15, 0.2) is 6.10 Å². The van der Waals surface area contributed by atoms with E-state index in [0.29, 0.717) is 11.3 Å². The molecule has 0 aliphatic rings. The predicted molar refractivity (Wildman–Crippen MR) is 101 cm³/mol. The average molecular weight is 364 g/mol. The van der Waals surface area contributed by atoms with Gasteiger partial charge in [0.25, 0.3) is 5.91 Å². The minimum absolute atomic E-state index is 0.270. The molecule has 1 atom stereocenters. The van der Waals surface area contributed by atoms with Crippen LogP contribution in [0.4, 0.5) is 0 Å². The van der Waals surface area contributed by atoms with Crippen LogP contribution < -0.4 is 10.1 Å². The molecule has 27 heavy (non-hydrogen) atoms. The van der Waals surface area contributed by atoms with Crippen molar-refractivity contribution in [2.75, 3.05) is 7.11 Å². The number of methoxy groups -OCH3 is 1. The Balaban J connectivity index is 1.84. The highest BCUT2D eigenvalue weighted by Crippen LogP contribution is 2.16. The number of para-hydroxylation sites is 1. The molecule has 0 aromatic heterocycles. The van der Waals surface area contributed by atoms with Crippen molar-refractivity contribution in [3.05, 3.63) is 71.3 Å². The van der Waals surface area contributed by atoms with E-state index in [1.54, 1.807) is 43.5 Å². The van der Waals surface area contributed by atoms with E-state index in [-0.39, 0.29) is 6.54 Å². The second kappa shape index (κ2) is 9.78. The number of nitrogens with zero attached hydrogens (tertiary/aromatic N) is 1. The first kappa shape index (κ1) is 19.7. The Bertz CT molecular complexity index is 866. The number of nitrogens with one attached hydrogen (secondary N) is 1. The van der Waals surface area contributed by atoms with Gasteiger partial charge in [0.05, 0.1) is 18.7 Å². The summed E-state index contributed by atoms with van der Waals surface area (Å²) in [5, 5.41) is 11.5. The van der Waals surface area contributed by atoms with Gasteiger partial charge >= 0.3 is 5.97 Å². The lowest BCUT2D eigenvalue weighted by Gasteiger charge is -2.13. The number of ether oxygens (including phenoxy) is 2. The lowest BCUT2D eigenvalue weighted by Crippen LogP contribution is -2.35. The van der Waals surface area contributed by atoms with Crippen molar-refractivity contribution in [2.24, 2.45) is 0 Å². The minimum Gasteiger partial charge on any atom is -0.496 e. The van der Waals surface area contributed by atoms with Crippen molar-refractivity contribution >= 4 is 18.0 Å². The lowest BCUT2D eigenvalue weighted by atomic mass is 10.1. The number of benzene rings is 2. The summed E-state index contributed by atoms with van der Waals surface area (Å²) >= 11 is 0. The SMILES string of the molecule is COc1ccccc1CNC(=O)[C@@H](C)OC(=O)/C=C/c1ccc(C#N)cc1. The smallest absolute Gasteiger partial charge is 0.331 e. The second-order valence-corrected chi connectivity index (χ2v) is 5.68. The molecule has 2 aromatic rings. The van der Waals surface area contributed by atoms with E-state index in [1.165, 1.54) is 13.0 Å². The second-order valence-electron chi connectivity index (χ2n) is 5.68. The molecule has 0 fully saturated rings. The Labute approximate surface area is 158 Å². The molecule has 0 saturated carbocycles. The molecular weight excluding hydrogens is 344 g/mol. The van der Waals surface area contributed by atoms with Gasteiger partial charge in [-0.05, 0) is 36.8 Å². The van der Waals surface area contributed by atoms with E-state index in [9.17, 15) is 9.59 Å². The summed E-state index contributed by atoms with van der Waals surface area (Å²) in [6.07, 6.45) is 1.87. The van der Waals surface area contributed by atoms with Crippen LogP contribution in [0.25, 0.3) is 6.08 Å². The fourth-order valence-electron chi connectivity index (χ4n) is 2.28. The van der Waals surface area contributed by atoms with Gasteiger partial charge in [-0.15, -0.1) is 0 Å². The number of hydrogen-bond donors (Lipinski definition) is 1. The Kier molecular flexibility index (Phi) is 7.15. The maximum atomic E-state index is 12.1. The van der Waals surface area contributed by atoms with E-state index in [0.717, 1.165) is 11.1 Å². The van der Waals surface area contributed by atoms with Crippen LogP contribution in [0.5, 0.6) is 5.75 Å². The monoisotopic (exact) mass is 364 g/mol. The van der Waals surface area contributed by atoms with Crippen molar-refractivity contribution in [3.63, 3.8) is 0 Å². The first-order valence-corrected chi connectivity index (χ1v) is 8.32. The largest absolute Gasteiger partial charge is 0.496 e. The summed E-state index contributed by atoms with van der Waals surface area (Å²) < 4.78 is 10.3. The number of amides is 1. The van der Waals surface area contributed by atoms with Gasteiger partial charge in [-0.1, -0.05) is 30.3 Å². The van der Waals surface area contributed by atoms with Gasteiger partial charge in [-0.2, -0.15) is 5.26 Å². The molecule has 0 bridgehead atoms. The lowest BCUT2D eigenvalue weighted by molar-refractivity contribution is -0.150. The summed E-state index contributed by atoms with van der Waals surface area (Å²) in [5.74, 6) is -0.354. The normalized spacial score (nSPS) is 11.4. The molecule has 1 N–H and O–H groups in total. The highest BCUT2D eigenvalue weighted by atomic mass is 16.5. The molecule has 0 spiro atoms. The molecule has 6 heteroatoms. The topological polar surface area (TPSA) is 88.4 Å². The van der Waals surface area contributed by atoms with Crippen LogP contribution in [0.1, 0.15) is 23.6 Å². The third-order valence-corrected chi connectivity index (χ3v) is 3.76. The van der Waals surface area contributed by atoms with Crippen LogP contribution in [0.2, 0.25) is 0 Å². The van der Waals surface area contributed by atoms with Crippen LogP contribution in [-0.2, 0) is 20.9 Å². The molecule has 1 amide bonds. The number of carbonyl (C=O) groups is 2. The van der Waals surface area contributed by atoms with Crippen molar-refractivity contribution in [2.45, 2.75) is 19.6 Å². The van der Waals surface area contributed by atoms with Crippen LogP contribution >= 0.6 is 0 Å². The van der Waals surface area contributed by atoms with Crippen LogP contribution in [0.15, 0.2) is 54.6 Å². The molecule has 0 aliphatic carbocycles. The molecule has 138 valence electrons. The molecule has 0 radical (unpaired) electrons. The molecule has 2 aromatic carbocycles. The summed E-state index contributed by atoms with van der Waals surface area (Å²) in [5.41, 5.74) is 2.11. The van der Waals surface area contributed by atoms with Crippen molar-refractivity contribution in [1.29, 1.82) is 5.26 Å². The number of nitriles is 1. The Morgan fingerprint density at radius 3 is 2.56 bits per heavy atom. The van der Waals surface area contributed by atoms with Gasteiger partial charge < -0.3 is 14.8 Å². The number of hydrogen-bond acceptors (Lipinski definition) is 5. The number of carbonyl (C=O) groups excluding carboxylic acids is 2. The zero-order valence-corrected chi connectivity index (χ0v) is 15.1. The molecule has 0 unspecified atom stereocenters. The molecular formula is C21H20N2O4. The number of esters is 1. The molecule has 0 heterocycles. The summed E-state index contributed by atoms with van der Waals surface area (Å²) in [7, 11) is 1.56. The minimum atomic E-state index is -0.933. The Hall–Kier alpha value is -3.59. The quantitative estimate of drug-likeness (QED) is 0.603. The maximum absolute atomic E-state index is 12.1. The maximum Gasteiger partial charge on any atom is 0.331 e. The number of rotatable bonds is 7. The van der Waals surface area contributed by atoms with E-state index in [1.807, 2.05) is 24.3 Å². The fraction of sp³-hybridized carbons (Fsp3) is 0.190. The van der Waals surface area contributed by atoms with Gasteiger partial charge in [-0.25, -0.2) is 4.79 Å². The average Bonchev–Trinajstić information content (AvgIpc) is 2.70. The van der Waals surface area contributed by atoms with Crippen molar-refractivity contribution in [3.8, 4) is 11.8 Å². The zero-order chi connectivity index (χ0) is 19.6. The van der Waals surface area contributed by atoms with Crippen molar-refractivity contribution < 1.29 is 19.1 Å².